The minimum absolute atomic E-state index is 0. The summed E-state index contributed by atoms with van der Waals surface area (Å²) in [5, 5.41) is 5.72. The van der Waals surface area contributed by atoms with Crippen molar-refractivity contribution < 1.29 is 76.6 Å². The van der Waals surface area contributed by atoms with Gasteiger partial charge in [0.25, 0.3) is 0 Å². The fourth-order valence-corrected chi connectivity index (χ4v) is 3.39. The summed E-state index contributed by atoms with van der Waals surface area (Å²) < 4.78 is 37.9. The normalized spacial score (nSPS) is 10.7. The van der Waals surface area contributed by atoms with Gasteiger partial charge >= 0.3 is 0 Å². The van der Waals surface area contributed by atoms with Crippen LogP contribution >= 0.6 is 11.6 Å². The number of halogens is 1. The summed E-state index contributed by atoms with van der Waals surface area (Å²) in [6.45, 7) is 7.08. The third kappa shape index (κ3) is 10.3. The number of anilines is 4. The zero-order valence-corrected chi connectivity index (χ0v) is 26.0. The summed E-state index contributed by atoms with van der Waals surface area (Å²) in [5.41, 5.74) is 2.26. The Kier molecular flexibility index (Phi) is 12.9. The maximum Gasteiger partial charge on any atom is 0.231 e. The van der Waals surface area contributed by atoms with Gasteiger partial charge in [-0.15, -0.1) is 0 Å². The summed E-state index contributed by atoms with van der Waals surface area (Å²) in [7, 11) is -3.37. The van der Waals surface area contributed by atoms with Crippen molar-refractivity contribution in [3.8, 4) is 0 Å². The molecule has 0 spiro atoms. The van der Waals surface area contributed by atoms with Crippen molar-refractivity contribution in [2.75, 3.05) is 16.4 Å². The summed E-state index contributed by atoms with van der Waals surface area (Å²) in [4.78, 5) is 22.3. The van der Waals surface area contributed by atoms with Gasteiger partial charge in [-0.1, -0.05) is 36.6 Å². The second-order valence-electron chi connectivity index (χ2n) is 6.31. The minimum atomic E-state index is -3.37. The van der Waals surface area contributed by atoms with Crippen molar-refractivity contribution in [2.24, 2.45) is 0 Å². The third-order valence-corrected chi connectivity index (χ3v) is 5.68. The smallest absolute Gasteiger partial charge is 0.231 e. The molecule has 0 saturated heterocycles. The van der Waals surface area contributed by atoms with Crippen molar-refractivity contribution in [1.82, 2.24) is 29.9 Å². The number of nitrogens with one attached hydrogen (secondary N) is 2. The molecule has 14 heteroatoms. The van der Waals surface area contributed by atoms with Crippen LogP contribution in [0, 0.1) is 13.3 Å². The summed E-state index contributed by atoms with van der Waals surface area (Å²) in [6.07, 6.45) is 3.61. The molecule has 0 bridgehead atoms. The van der Waals surface area contributed by atoms with E-state index in [-0.39, 0.29) is 106 Å². The maximum atomic E-state index is 11.7. The molecule has 180 valence electrons. The number of nitrogens with zero attached hydrogens (tertiary/aromatic N) is 6. The fraction of sp³-hybridized carbons (Fsp3) is 0.0455. The van der Waals surface area contributed by atoms with Crippen LogP contribution in [0.15, 0.2) is 72.6 Å². The molecular formula is C22H19ClN8O2SY2-2. The predicted molar refractivity (Wildman–Crippen MR) is 130 cm³/mol. The molecule has 0 aliphatic carbocycles. The quantitative estimate of drug-likeness (QED) is 0.278. The van der Waals surface area contributed by atoms with Gasteiger partial charge in [-0.25, -0.2) is 18.4 Å². The van der Waals surface area contributed by atoms with Gasteiger partial charge in [-0.2, -0.15) is 4.98 Å². The topological polar surface area (TPSA) is 136 Å². The van der Waals surface area contributed by atoms with E-state index in [0.29, 0.717) is 5.69 Å². The molecule has 0 aliphatic rings. The Morgan fingerprint density at radius 3 is 2.36 bits per heavy atom. The minimum Gasteiger partial charge on any atom is -0.378 e. The number of rotatable bonds is 7. The second kappa shape index (κ2) is 16.2. The number of benzene rings is 2. The van der Waals surface area contributed by atoms with Gasteiger partial charge in [-0.3, -0.25) is 0 Å². The molecular weight excluding hydrogens is 654 g/mol. The number of sulfone groups is 1. The summed E-state index contributed by atoms with van der Waals surface area (Å²) in [6, 6.07) is 13.7. The maximum absolute atomic E-state index is 11.7. The van der Waals surface area contributed by atoms with Gasteiger partial charge < -0.3 is 32.5 Å². The van der Waals surface area contributed by atoms with Gasteiger partial charge in [0.2, 0.25) is 11.2 Å². The van der Waals surface area contributed by atoms with Crippen LogP contribution in [0.1, 0.15) is 8.30 Å². The number of hydrogen-bond acceptors (Lipinski definition) is 10. The van der Waals surface area contributed by atoms with E-state index in [2.05, 4.69) is 60.4 Å². The van der Waals surface area contributed by atoms with E-state index in [1.807, 2.05) is 24.3 Å². The molecule has 0 fully saturated rings. The molecule has 2 aromatic carbocycles. The van der Waals surface area contributed by atoms with Crippen molar-refractivity contribution >= 4 is 50.8 Å². The Morgan fingerprint density at radius 2 is 1.69 bits per heavy atom. The Morgan fingerprint density at radius 1 is 1.03 bits per heavy atom. The zero-order chi connectivity index (χ0) is 26.1. The van der Waals surface area contributed by atoms with Gasteiger partial charge in [0.15, 0.2) is 9.84 Å². The van der Waals surface area contributed by atoms with Crippen molar-refractivity contribution in [3.63, 3.8) is 0 Å². The molecule has 4 rings (SSSR count). The first-order chi connectivity index (χ1) is 17.2. The van der Waals surface area contributed by atoms with Crippen LogP contribution in [-0.2, 0) is 75.3 Å². The molecule has 0 atom stereocenters. The van der Waals surface area contributed by atoms with Crippen molar-refractivity contribution in [2.45, 2.75) is 4.90 Å². The number of aromatic nitrogens is 6. The van der Waals surface area contributed by atoms with E-state index >= 15 is 0 Å². The molecule has 4 aromatic rings. The van der Waals surface area contributed by atoms with E-state index in [1.165, 1.54) is 12.1 Å². The van der Waals surface area contributed by atoms with E-state index in [1.54, 1.807) is 18.2 Å². The Hall–Kier alpha value is -1.75. The average Bonchev–Trinajstić information content (AvgIpc) is 2.84. The van der Waals surface area contributed by atoms with Gasteiger partial charge in [0.1, 0.15) is 13.6 Å². The van der Waals surface area contributed by atoms with Crippen molar-refractivity contribution in [3.05, 3.63) is 91.8 Å². The Labute approximate surface area is 267 Å². The first kappa shape index (κ1) is 28.8. The van der Waals surface area contributed by atoms with Gasteiger partial charge in [0.05, 0.1) is 4.90 Å². The predicted octanol–water partition coefficient (Wildman–Crippen LogP) is 3.93. The first-order valence-electron chi connectivity index (χ1n) is 10.5. The van der Waals surface area contributed by atoms with Crippen LogP contribution in [-0.4, -0.2) is 44.1 Å². The first-order valence-corrected chi connectivity index (χ1v) is 11.6. The summed E-state index contributed by atoms with van der Waals surface area (Å²) in [5.74, 6) is 0.160. The molecule has 10 nitrogen and oxygen atoms in total. The van der Waals surface area contributed by atoms with Crippen molar-refractivity contribution in [1.29, 1.82) is 0 Å². The van der Waals surface area contributed by atoms with Crippen LogP contribution < -0.4 is 10.6 Å². The van der Waals surface area contributed by atoms with E-state index in [4.69, 9.17) is 14.3 Å². The van der Waals surface area contributed by atoms with Crippen LogP contribution in [0.2, 0.25) is 5.28 Å². The standard InChI is InChI=1S/C11H9ClN4.C11H10N4O2S.2Y/c1-2-8-4-3-5-9(6-8)15-11-14-7-13-10(12)16-11;1-2-18(16,17)10-5-3-4-9(6-10)15-11-13-7-12-8-14-11;;/h2-7H,1H2,(H,13,14,15,16);3-7H,1-2H2,(H,12,13,14,15);;/q;-2;;/i2*7D;;. The largest absolute Gasteiger partial charge is 0.378 e. The van der Waals surface area contributed by atoms with Gasteiger partial charge in [-0.05, 0) is 47.5 Å². The molecule has 2 heterocycles. The average molecular weight is 675 g/mol. The molecule has 0 unspecified atom stereocenters. The van der Waals surface area contributed by atoms with Crippen LogP contribution in [0.5, 0.6) is 0 Å². The van der Waals surface area contributed by atoms with Crippen LogP contribution in [0.3, 0.4) is 0 Å². The zero-order valence-electron chi connectivity index (χ0n) is 20.8. The summed E-state index contributed by atoms with van der Waals surface area (Å²) >= 11 is 5.64. The van der Waals surface area contributed by atoms with Crippen LogP contribution in [0.25, 0.3) is 6.08 Å². The monoisotopic (exact) mass is 674 g/mol. The molecule has 36 heavy (non-hydrogen) atoms. The second-order valence-corrected chi connectivity index (χ2v) is 8.76. The SMILES string of the molecule is [2H]c1n[c-]nc(Nc2cccc(S(=O)(=O)C[CH2-])c2)n1.[2H]c1nc(Cl)nc(Nc2cccc(C=C)c2)n1.[Y].[Y]. The molecule has 0 saturated carbocycles. The fourth-order valence-electron chi connectivity index (χ4n) is 2.44. The molecule has 2 N–H and O–H groups in total. The third-order valence-electron chi connectivity index (χ3n) is 4.00. The molecule has 0 aliphatic heterocycles. The molecule has 2 aromatic heterocycles. The van der Waals surface area contributed by atoms with Crippen LogP contribution in [0.4, 0.5) is 23.3 Å². The van der Waals surface area contributed by atoms with Gasteiger partial charge in [0, 0.05) is 90.8 Å². The molecule has 0 amide bonds. The van der Waals surface area contributed by atoms with E-state index < -0.39 is 9.84 Å². The van der Waals surface area contributed by atoms with E-state index in [9.17, 15) is 8.42 Å². The van der Waals surface area contributed by atoms with E-state index in [0.717, 1.165) is 11.3 Å². The number of hydrogen-bond donors (Lipinski definition) is 2. The molecule has 2 radical (unpaired) electrons. The Bertz CT molecular complexity index is 1470. The Balaban J connectivity index is 0.000000363.